The molecule has 0 aromatic carbocycles. The van der Waals surface area contributed by atoms with Crippen LogP contribution in [-0.2, 0) is 84.9 Å². The van der Waals surface area contributed by atoms with Crippen molar-refractivity contribution in [2.24, 2.45) is 0 Å². The number of rotatable bonds is 0. The summed E-state index contributed by atoms with van der Waals surface area (Å²) in [5, 5.41) is 0. The molecule has 0 saturated carbocycles. The first-order chi connectivity index (χ1) is 8.00. The fourth-order valence-electron chi connectivity index (χ4n) is 0. The summed E-state index contributed by atoms with van der Waals surface area (Å²) >= 11 is -21.0. The van der Waals surface area contributed by atoms with Gasteiger partial charge in [-0.3, -0.25) is 0 Å². The van der Waals surface area contributed by atoms with E-state index in [4.69, 9.17) is 63.7 Å². The van der Waals surface area contributed by atoms with Gasteiger partial charge in [-0.15, -0.1) is 0 Å². The molecular weight excluding hydrogens is 576 g/mol. The van der Waals surface area contributed by atoms with Crippen LogP contribution in [0.25, 0.3) is 0 Å². The fourth-order valence-corrected chi connectivity index (χ4v) is 0. The van der Waals surface area contributed by atoms with Gasteiger partial charge in [0.15, 0.2) is 0 Å². The molecular formula is H32Cr4N8O16. The summed E-state index contributed by atoms with van der Waals surface area (Å²) < 4.78 is 128. The summed E-state index contributed by atoms with van der Waals surface area (Å²) in [6.45, 7) is 0. The van der Waals surface area contributed by atoms with Gasteiger partial charge in [0.2, 0.25) is 0 Å². The fraction of sp³-hybridized carbons (Fsp3) is 0. The van der Waals surface area contributed by atoms with Crippen LogP contribution in [0.2, 0.25) is 0 Å². The van der Waals surface area contributed by atoms with Crippen molar-refractivity contribution in [1.82, 2.24) is 49.2 Å². The zero-order valence-electron chi connectivity index (χ0n) is 14.1. The molecule has 0 aliphatic heterocycles. The van der Waals surface area contributed by atoms with Crippen LogP contribution in [0.15, 0.2) is 0 Å². The Balaban J connectivity index is -0.0000000111. The summed E-state index contributed by atoms with van der Waals surface area (Å²) in [7, 11) is 0. The van der Waals surface area contributed by atoms with Gasteiger partial charge in [0.25, 0.3) is 0 Å². The van der Waals surface area contributed by atoms with E-state index in [1.807, 2.05) is 0 Å². The van der Waals surface area contributed by atoms with Crippen molar-refractivity contribution < 1.29 is 118 Å². The Kier molecular flexibility index (Phi) is 90.1. The van der Waals surface area contributed by atoms with E-state index < -0.39 is 54.5 Å². The monoisotopic (exact) mass is 608 g/mol. The molecule has 0 atom stereocenters. The van der Waals surface area contributed by atoms with E-state index in [1.165, 1.54) is 0 Å². The second-order valence-corrected chi connectivity index (χ2v) is 7.39. The van der Waals surface area contributed by atoms with Crippen LogP contribution < -0.4 is 49.2 Å². The van der Waals surface area contributed by atoms with Crippen molar-refractivity contribution >= 4 is 0 Å². The van der Waals surface area contributed by atoms with Crippen LogP contribution in [-0.4, -0.2) is 33.3 Å². The first-order valence-corrected chi connectivity index (χ1v) is 11.5. The molecule has 0 radical (unpaired) electrons. The van der Waals surface area contributed by atoms with Gasteiger partial charge < -0.3 is 49.2 Å². The summed E-state index contributed by atoms with van der Waals surface area (Å²) in [6.07, 6.45) is 0. The standard InChI is InChI=1S/4Cr.8H3N.8H2O.8O/h;;;;8*1H3;8*1H2;;;;;;;;/q4*+2;;;;;;;;;;;;;;;;;;;;;;;;/p-8. The van der Waals surface area contributed by atoms with Crippen LogP contribution >= 0.6 is 0 Å². The van der Waals surface area contributed by atoms with Crippen LogP contribution in [0.1, 0.15) is 0 Å². The van der Waals surface area contributed by atoms with Crippen LogP contribution in [0.3, 0.4) is 0 Å². The van der Waals surface area contributed by atoms with Crippen molar-refractivity contribution in [1.29, 1.82) is 0 Å². The Labute approximate surface area is 167 Å². The van der Waals surface area contributed by atoms with Gasteiger partial charge in [0.05, 0.1) is 0 Å². The van der Waals surface area contributed by atoms with Gasteiger partial charge in [-0.1, -0.05) is 0 Å². The van der Waals surface area contributed by atoms with Crippen molar-refractivity contribution in [3.63, 3.8) is 0 Å². The minimum atomic E-state index is -5.25. The molecule has 28 heavy (non-hydrogen) atoms. The maximum absolute atomic E-state index is 8.82. The Morgan fingerprint density at radius 1 is 0.250 bits per heavy atom. The predicted octanol–water partition coefficient (Wildman–Crippen LogP) is -4.12. The van der Waals surface area contributed by atoms with Gasteiger partial charge in [-0.2, -0.15) is 0 Å². The molecule has 0 unspecified atom stereocenters. The van der Waals surface area contributed by atoms with Crippen LogP contribution in [0.4, 0.5) is 0 Å². The average Bonchev–Trinajstić information content (AvgIpc) is 1.62. The Morgan fingerprint density at radius 2 is 0.250 bits per heavy atom. The molecule has 192 valence electrons. The van der Waals surface area contributed by atoms with Gasteiger partial charge >= 0.3 is 118 Å². The summed E-state index contributed by atoms with van der Waals surface area (Å²) in [6, 6.07) is 0. The van der Waals surface area contributed by atoms with E-state index in [1.54, 1.807) is 0 Å². The van der Waals surface area contributed by atoms with Crippen molar-refractivity contribution in [3.8, 4) is 0 Å². The van der Waals surface area contributed by atoms with Gasteiger partial charge in [0, 0.05) is 0 Å². The zero-order valence-corrected chi connectivity index (χ0v) is 19.2. The van der Waals surface area contributed by atoms with E-state index in [-0.39, 0.29) is 49.2 Å². The Morgan fingerprint density at radius 3 is 0.250 bits per heavy atom. The molecule has 0 aliphatic rings. The molecule has 0 heterocycles. The summed E-state index contributed by atoms with van der Waals surface area (Å²) in [5.74, 6) is 0. The topological polar surface area (TPSA) is 578 Å². The molecule has 0 aliphatic carbocycles. The summed E-state index contributed by atoms with van der Waals surface area (Å²) in [5.41, 5.74) is 0. The molecule has 0 bridgehead atoms. The second-order valence-electron chi connectivity index (χ2n) is 1.79. The third-order valence-corrected chi connectivity index (χ3v) is 0. The van der Waals surface area contributed by atoms with E-state index in [9.17, 15) is 0 Å². The van der Waals surface area contributed by atoms with E-state index in [2.05, 4.69) is 0 Å². The Hall–Kier alpha value is -0.110. The van der Waals surface area contributed by atoms with Crippen molar-refractivity contribution in [2.75, 3.05) is 0 Å². The normalized spacial score (nSPS) is 8.29. The van der Waals surface area contributed by atoms with Gasteiger partial charge in [0.1, 0.15) is 0 Å². The second kappa shape index (κ2) is 31.6. The predicted molar refractivity (Wildman–Crippen MR) is 63.4 cm³/mol. The third kappa shape index (κ3) is 1320000. The van der Waals surface area contributed by atoms with Gasteiger partial charge in [-0.05, 0) is 0 Å². The molecule has 0 rings (SSSR count). The molecule has 0 spiro atoms. The van der Waals surface area contributed by atoms with Crippen molar-refractivity contribution in [3.05, 3.63) is 0 Å². The van der Waals surface area contributed by atoms with E-state index in [0.717, 1.165) is 0 Å². The quantitative estimate of drug-likeness (QED) is 0.124. The van der Waals surface area contributed by atoms with E-state index in [0.29, 0.717) is 0 Å². The molecule has 0 aromatic heterocycles. The summed E-state index contributed by atoms with van der Waals surface area (Å²) in [4.78, 5) is 0. The zero-order chi connectivity index (χ0) is 18.0. The first kappa shape index (κ1) is 79.9. The average molecular weight is 608 g/mol. The number of hydrogen-bond acceptors (Lipinski definition) is 16. The first-order valence-electron chi connectivity index (χ1n) is 2.79. The third-order valence-electron chi connectivity index (χ3n) is 0. The minimum absolute atomic E-state index is 0. The Bertz CT molecular complexity index is 491. The molecule has 0 aromatic rings. The molecule has 0 amide bonds. The molecule has 0 saturated heterocycles. The van der Waals surface area contributed by atoms with Crippen LogP contribution in [0.5, 0.6) is 0 Å². The molecule has 32 N–H and O–H groups in total. The van der Waals surface area contributed by atoms with Gasteiger partial charge in [-0.25, -0.2) is 0 Å². The molecule has 28 heteroatoms. The van der Waals surface area contributed by atoms with E-state index >= 15 is 0 Å². The van der Waals surface area contributed by atoms with Crippen LogP contribution in [0, 0.1) is 0 Å². The number of hydrogen-bond donors (Lipinski definition) is 16. The van der Waals surface area contributed by atoms with Crippen molar-refractivity contribution in [2.45, 2.75) is 0 Å². The SMILES string of the molecule is N.N.N.N.N.N.N.N.[O]=[Cr](=[O])([OH])[OH].[O]=[Cr](=[O])([OH])[OH].[O]=[Cr](=[O])([OH])[OH].[O]=[Cr](=[O])([OH])[OH]. The molecule has 0 fully saturated rings. The molecule has 24 nitrogen and oxygen atoms in total. The maximum atomic E-state index is 8.82.